The SMILES string of the molecule is C=C(NO)C(C)=NNC(=O)c1ccccn1. The van der Waals surface area contributed by atoms with Gasteiger partial charge < -0.3 is 0 Å². The Morgan fingerprint density at radius 3 is 2.88 bits per heavy atom. The zero-order valence-corrected chi connectivity index (χ0v) is 8.77. The number of hydrogen-bond donors (Lipinski definition) is 3. The topological polar surface area (TPSA) is 86.6 Å². The Hall–Kier alpha value is -2.21. The third kappa shape index (κ3) is 3.18. The van der Waals surface area contributed by atoms with Crippen LogP contribution in [0.2, 0.25) is 0 Å². The van der Waals surface area contributed by atoms with Crippen LogP contribution in [-0.4, -0.2) is 21.8 Å². The molecule has 0 radical (unpaired) electrons. The summed E-state index contributed by atoms with van der Waals surface area (Å²) in [7, 11) is 0. The molecular formula is C10H12N4O2. The second-order valence-corrected chi connectivity index (χ2v) is 2.94. The van der Waals surface area contributed by atoms with E-state index in [0.29, 0.717) is 5.71 Å². The maximum atomic E-state index is 11.5. The highest BCUT2D eigenvalue weighted by atomic mass is 16.5. The molecule has 0 saturated carbocycles. The van der Waals surface area contributed by atoms with E-state index in [9.17, 15) is 4.79 Å². The normalized spacial score (nSPS) is 10.8. The van der Waals surface area contributed by atoms with Gasteiger partial charge in [-0.25, -0.2) is 5.43 Å². The van der Waals surface area contributed by atoms with Crippen molar-refractivity contribution in [3.8, 4) is 0 Å². The molecule has 6 heteroatoms. The summed E-state index contributed by atoms with van der Waals surface area (Å²) in [4.78, 5) is 15.3. The van der Waals surface area contributed by atoms with E-state index in [1.165, 1.54) is 6.20 Å². The van der Waals surface area contributed by atoms with Crippen LogP contribution in [0.25, 0.3) is 0 Å². The lowest BCUT2D eigenvalue weighted by molar-refractivity contribution is 0.0949. The molecule has 0 atom stereocenters. The van der Waals surface area contributed by atoms with E-state index >= 15 is 0 Å². The first-order valence-corrected chi connectivity index (χ1v) is 4.50. The standard InChI is InChI=1S/C10H12N4O2/c1-7(8(2)14-16)12-13-10(15)9-5-3-4-6-11-9/h3-6,14,16H,2H2,1H3,(H,13,15). The Kier molecular flexibility index (Phi) is 4.16. The van der Waals surface area contributed by atoms with Gasteiger partial charge in [0.2, 0.25) is 0 Å². The monoisotopic (exact) mass is 220 g/mol. The third-order valence-electron chi connectivity index (χ3n) is 1.79. The Morgan fingerprint density at radius 2 is 2.31 bits per heavy atom. The van der Waals surface area contributed by atoms with Crippen LogP contribution in [0.1, 0.15) is 17.4 Å². The lowest BCUT2D eigenvalue weighted by Gasteiger charge is -2.03. The van der Waals surface area contributed by atoms with Crippen molar-refractivity contribution in [1.82, 2.24) is 15.9 Å². The molecule has 0 aliphatic carbocycles. The van der Waals surface area contributed by atoms with Crippen molar-refractivity contribution in [2.24, 2.45) is 5.10 Å². The van der Waals surface area contributed by atoms with Crippen molar-refractivity contribution in [3.05, 3.63) is 42.4 Å². The average molecular weight is 220 g/mol. The smallest absolute Gasteiger partial charge is 0.289 e. The van der Waals surface area contributed by atoms with Crippen LogP contribution in [-0.2, 0) is 0 Å². The van der Waals surface area contributed by atoms with Gasteiger partial charge in [-0.3, -0.25) is 20.5 Å². The van der Waals surface area contributed by atoms with Gasteiger partial charge in [0.25, 0.3) is 5.91 Å². The van der Waals surface area contributed by atoms with Gasteiger partial charge in [-0.05, 0) is 19.1 Å². The number of rotatable bonds is 4. The zero-order chi connectivity index (χ0) is 12.0. The number of pyridine rings is 1. The van der Waals surface area contributed by atoms with Gasteiger partial charge >= 0.3 is 0 Å². The number of allylic oxidation sites excluding steroid dienone is 1. The average Bonchev–Trinajstić information content (AvgIpc) is 2.35. The number of hydrogen-bond acceptors (Lipinski definition) is 5. The quantitative estimate of drug-likeness (QED) is 0.514. The molecule has 0 unspecified atom stereocenters. The lowest BCUT2D eigenvalue weighted by Crippen LogP contribution is -2.22. The largest absolute Gasteiger partial charge is 0.291 e. The molecular weight excluding hydrogens is 208 g/mol. The van der Waals surface area contributed by atoms with Crippen molar-refractivity contribution < 1.29 is 10.0 Å². The molecule has 0 aliphatic rings. The van der Waals surface area contributed by atoms with Gasteiger partial charge in [-0.2, -0.15) is 5.10 Å². The summed E-state index contributed by atoms with van der Waals surface area (Å²) < 4.78 is 0. The maximum absolute atomic E-state index is 11.5. The number of carbonyl (C=O) groups excluding carboxylic acids is 1. The highest BCUT2D eigenvalue weighted by Gasteiger charge is 2.04. The molecule has 1 aromatic heterocycles. The Morgan fingerprint density at radius 1 is 1.56 bits per heavy atom. The van der Waals surface area contributed by atoms with E-state index in [2.05, 4.69) is 22.1 Å². The fourth-order valence-electron chi connectivity index (χ4n) is 0.837. The second kappa shape index (κ2) is 5.62. The molecule has 0 fully saturated rings. The molecule has 1 aromatic rings. The first kappa shape index (κ1) is 11.9. The third-order valence-corrected chi connectivity index (χ3v) is 1.79. The zero-order valence-electron chi connectivity index (χ0n) is 8.77. The van der Waals surface area contributed by atoms with E-state index in [0.717, 1.165) is 0 Å². The first-order chi connectivity index (χ1) is 7.65. The molecule has 16 heavy (non-hydrogen) atoms. The van der Waals surface area contributed by atoms with Crippen molar-refractivity contribution in [3.63, 3.8) is 0 Å². The van der Waals surface area contributed by atoms with Gasteiger partial charge in [0.15, 0.2) is 0 Å². The number of carbonyl (C=O) groups is 1. The van der Waals surface area contributed by atoms with Crippen LogP contribution in [0, 0.1) is 0 Å². The van der Waals surface area contributed by atoms with Gasteiger partial charge in [0.05, 0.1) is 11.4 Å². The highest BCUT2D eigenvalue weighted by Crippen LogP contribution is 1.93. The lowest BCUT2D eigenvalue weighted by atomic mass is 10.3. The summed E-state index contributed by atoms with van der Waals surface area (Å²) in [5.41, 5.74) is 4.97. The molecule has 6 nitrogen and oxygen atoms in total. The van der Waals surface area contributed by atoms with Crippen molar-refractivity contribution in [2.75, 3.05) is 0 Å². The molecule has 1 heterocycles. The van der Waals surface area contributed by atoms with Gasteiger partial charge in [0, 0.05) is 6.20 Å². The number of hydroxylamine groups is 1. The summed E-state index contributed by atoms with van der Waals surface area (Å²) in [6, 6.07) is 4.98. The van der Waals surface area contributed by atoms with Crippen LogP contribution in [0.15, 0.2) is 41.8 Å². The minimum Gasteiger partial charge on any atom is -0.291 e. The summed E-state index contributed by atoms with van der Waals surface area (Å²) in [5, 5.41) is 12.3. The van der Waals surface area contributed by atoms with E-state index in [-0.39, 0.29) is 11.4 Å². The molecule has 84 valence electrons. The molecule has 0 bridgehead atoms. The predicted octanol–water partition coefficient (Wildman–Crippen LogP) is 0.680. The Labute approximate surface area is 92.7 Å². The van der Waals surface area contributed by atoms with E-state index in [1.54, 1.807) is 25.1 Å². The number of nitrogens with zero attached hydrogens (tertiary/aromatic N) is 2. The van der Waals surface area contributed by atoms with E-state index in [4.69, 9.17) is 5.21 Å². The van der Waals surface area contributed by atoms with E-state index < -0.39 is 5.91 Å². The van der Waals surface area contributed by atoms with Gasteiger partial charge in [-0.1, -0.05) is 12.6 Å². The molecule has 0 aliphatic heterocycles. The minimum atomic E-state index is -0.425. The van der Waals surface area contributed by atoms with Gasteiger partial charge in [-0.15, -0.1) is 0 Å². The Bertz CT molecular complexity index is 414. The summed E-state index contributed by atoms with van der Waals surface area (Å²) in [6.45, 7) is 5.05. The number of nitrogens with one attached hydrogen (secondary N) is 2. The van der Waals surface area contributed by atoms with Crippen molar-refractivity contribution >= 4 is 11.6 Å². The van der Waals surface area contributed by atoms with Crippen LogP contribution in [0.4, 0.5) is 0 Å². The first-order valence-electron chi connectivity index (χ1n) is 4.50. The van der Waals surface area contributed by atoms with Gasteiger partial charge in [0.1, 0.15) is 5.69 Å². The van der Waals surface area contributed by atoms with Crippen molar-refractivity contribution in [1.29, 1.82) is 0 Å². The summed E-state index contributed by atoms with van der Waals surface area (Å²) in [5.74, 6) is -0.425. The van der Waals surface area contributed by atoms with E-state index in [1.807, 2.05) is 5.48 Å². The Balaban J connectivity index is 2.63. The number of hydrazone groups is 1. The number of amides is 1. The fraction of sp³-hybridized carbons (Fsp3) is 0.100. The molecule has 1 amide bonds. The molecule has 0 spiro atoms. The maximum Gasteiger partial charge on any atom is 0.289 e. The fourth-order valence-corrected chi connectivity index (χ4v) is 0.837. The highest BCUT2D eigenvalue weighted by molar-refractivity contribution is 5.99. The van der Waals surface area contributed by atoms with Crippen LogP contribution >= 0.6 is 0 Å². The summed E-state index contributed by atoms with van der Waals surface area (Å²) in [6.07, 6.45) is 1.51. The molecule has 1 rings (SSSR count). The number of aromatic nitrogens is 1. The second-order valence-electron chi connectivity index (χ2n) is 2.94. The van der Waals surface area contributed by atoms with Crippen molar-refractivity contribution in [2.45, 2.75) is 6.92 Å². The predicted molar refractivity (Wildman–Crippen MR) is 58.9 cm³/mol. The van der Waals surface area contributed by atoms with Crippen LogP contribution in [0.3, 0.4) is 0 Å². The summed E-state index contributed by atoms with van der Waals surface area (Å²) >= 11 is 0. The molecule has 0 aromatic carbocycles. The van der Waals surface area contributed by atoms with Crippen LogP contribution in [0.5, 0.6) is 0 Å². The van der Waals surface area contributed by atoms with Crippen LogP contribution < -0.4 is 10.9 Å². The minimum absolute atomic E-state index is 0.210. The molecule has 3 N–H and O–H groups in total. The molecule has 0 saturated heterocycles.